The fraction of sp³-hybridized carbons (Fsp3) is 0.636. The van der Waals surface area contributed by atoms with E-state index in [4.69, 9.17) is 5.73 Å². The Morgan fingerprint density at radius 3 is 3.00 bits per heavy atom. The van der Waals surface area contributed by atoms with Gasteiger partial charge >= 0.3 is 0 Å². The van der Waals surface area contributed by atoms with Gasteiger partial charge in [0.25, 0.3) is 5.91 Å². The highest BCUT2D eigenvalue weighted by Gasteiger charge is 2.37. The van der Waals surface area contributed by atoms with Gasteiger partial charge in [-0.25, -0.2) is 0 Å². The van der Waals surface area contributed by atoms with E-state index < -0.39 is 0 Å². The molecule has 2 unspecified atom stereocenters. The molecule has 5 heteroatoms. The van der Waals surface area contributed by atoms with E-state index in [-0.39, 0.29) is 5.91 Å². The molecule has 0 radical (unpaired) electrons. The highest BCUT2D eigenvalue weighted by Crippen LogP contribution is 2.34. The number of H-pyrrole nitrogens is 1. The van der Waals surface area contributed by atoms with E-state index in [0.29, 0.717) is 23.3 Å². The lowest BCUT2D eigenvalue weighted by molar-refractivity contribution is 0.0944. The lowest BCUT2D eigenvalue weighted by Gasteiger charge is -2.02. The molecule has 0 bridgehead atoms. The summed E-state index contributed by atoms with van der Waals surface area (Å²) in [7, 11) is 0. The summed E-state index contributed by atoms with van der Waals surface area (Å²) in [6.07, 6.45) is 3.43. The third-order valence-corrected chi connectivity index (χ3v) is 3.11. The second-order valence-electron chi connectivity index (χ2n) is 4.48. The molecule has 0 saturated heterocycles. The lowest BCUT2D eigenvalue weighted by atomic mass is 10.2. The molecule has 1 heterocycles. The molecular weight excluding hydrogens is 204 g/mol. The zero-order valence-corrected chi connectivity index (χ0v) is 9.71. The molecule has 0 spiro atoms. The molecule has 1 saturated carbocycles. The minimum Gasteiger partial charge on any atom is -0.395 e. The minimum atomic E-state index is -0.162. The zero-order valence-electron chi connectivity index (χ0n) is 9.71. The number of aromatic amines is 1. The molecule has 0 aliphatic heterocycles. The Hall–Kier alpha value is -1.52. The van der Waals surface area contributed by atoms with Crippen LogP contribution in [0.1, 0.15) is 42.4 Å². The van der Waals surface area contributed by atoms with Gasteiger partial charge in [0.1, 0.15) is 0 Å². The van der Waals surface area contributed by atoms with Gasteiger partial charge in [-0.15, -0.1) is 0 Å². The van der Waals surface area contributed by atoms with Crippen LogP contribution < -0.4 is 11.1 Å². The van der Waals surface area contributed by atoms with Crippen LogP contribution in [0, 0.1) is 12.8 Å². The van der Waals surface area contributed by atoms with Crippen LogP contribution in [-0.4, -0.2) is 22.1 Å². The molecule has 1 aromatic heterocycles. The number of nitrogens with one attached hydrogen (secondary N) is 2. The zero-order chi connectivity index (χ0) is 11.7. The number of hydrogen-bond donors (Lipinski definition) is 3. The van der Waals surface area contributed by atoms with Crippen molar-refractivity contribution in [3.8, 4) is 0 Å². The number of amides is 1. The Balaban J connectivity index is 1.92. The Kier molecular flexibility index (Phi) is 2.85. The highest BCUT2D eigenvalue weighted by atomic mass is 16.2. The molecule has 5 nitrogen and oxygen atoms in total. The van der Waals surface area contributed by atoms with E-state index >= 15 is 0 Å². The normalized spacial score (nSPS) is 23.1. The molecule has 0 aromatic carbocycles. The predicted octanol–water partition coefficient (Wildman–Crippen LogP) is 1.22. The standard InChI is InChI=1S/C11H18N4O/c1-3-4-7-5-8(7)13-11(16)10-9(12)6(2)14-15-10/h7-8H,3-5,12H2,1-2H3,(H,13,16)(H,14,15). The van der Waals surface area contributed by atoms with E-state index in [0.717, 1.165) is 12.1 Å². The van der Waals surface area contributed by atoms with Crippen LogP contribution in [0.15, 0.2) is 0 Å². The number of nitrogen functional groups attached to an aromatic ring is 1. The fourth-order valence-corrected chi connectivity index (χ4v) is 1.96. The van der Waals surface area contributed by atoms with Gasteiger partial charge in [-0.1, -0.05) is 13.3 Å². The molecule has 1 fully saturated rings. The molecule has 2 rings (SSSR count). The Labute approximate surface area is 94.8 Å². The number of anilines is 1. The maximum absolute atomic E-state index is 11.8. The largest absolute Gasteiger partial charge is 0.395 e. The summed E-state index contributed by atoms with van der Waals surface area (Å²) in [6.45, 7) is 3.96. The Morgan fingerprint density at radius 1 is 1.69 bits per heavy atom. The smallest absolute Gasteiger partial charge is 0.274 e. The summed E-state index contributed by atoms with van der Waals surface area (Å²) in [6, 6.07) is 0.323. The average molecular weight is 222 g/mol. The summed E-state index contributed by atoms with van der Waals surface area (Å²) < 4.78 is 0. The summed E-state index contributed by atoms with van der Waals surface area (Å²) in [5.41, 5.74) is 7.25. The number of aromatic nitrogens is 2. The highest BCUT2D eigenvalue weighted by molar-refractivity contribution is 5.97. The molecule has 88 valence electrons. The quantitative estimate of drug-likeness (QED) is 0.716. The van der Waals surface area contributed by atoms with Crippen LogP contribution >= 0.6 is 0 Å². The van der Waals surface area contributed by atoms with Gasteiger partial charge in [-0.05, 0) is 25.7 Å². The van der Waals surface area contributed by atoms with Crippen molar-refractivity contribution in [3.63, 3.8) is 0 Å². The molecule has 16 heavy (non-hydrogen) atoms. The van der Waals surface area contributed by atoms with Gasteiger partial charge in [0, 0.05) is 6.04 Å². The van der Waals surface area contributed by atoms with Gasteiger partial charge in [0.15, 0.2) is 5.69 Å². The van der Waals surface area contributed by atoms with Gasteiger partial charge < -0.3 is 11.1 Å². The van der Waals surface area contributed by atoms with Crippen LogP contribution in [0.3, 0.4) is 0 Å². The molecular formula is C11H18N4O. The first kappa shape index (κ1) is 11.0. The van der Waals surface area contributed by atoms with E-state index in [1.54, 1.807) is 6.92 Å². The van der Waals surface area contributed by atoms with Crippen molar-refractivity contribution in [1.29, 1.82) is 0 Å². The summed E-state index contributed by atoms with van der Waals surface area (Å²) >= 11 is 0. The molecule has 4 N–H and O–H groups in total. The van der Waals surface area contributed by atoms with Crippen molar-refractivity contribution in [3.05, 3.63) is 11.4 Å². The van der Waals surface area contributed by atoms with Gasteiger partial charge in [-0.2, -0.15) is 5.10 Å². The van der Waals surface area contributed by atoms with E-state index in [1.165, 1.54) is 12.8 Å². The third-order valence-electron chi connectivity index (χ3n) is 3.11. The van der Waals surface area contributed by atoms with Crippen LogP contribution in [-0.2, 0) is 0 Å². The van der Waals surface area contributed by atoms with Crippen LogP contribution in [0.25, 0.3) is 0 Å². The monoisotopic (exact) mass is 222 g/mol. The van der Waals surface area contributed by atoms with E-state index in [1.807, 2.05) is 0 Å². The number of nitrogens with two attached hydrogens (primary N) is 1. The van der Waals surface area contributed by atoms with Crippen LogP contribution in [0.4, 0.5) is 5.69 Å². The van der Waals surface area contributed by atoms with Crippen molar-refractivity contribution in [1.82, 2.24) is 15.5 Å². The van der Waals surface area contributed by atoms with Gasteiger partial charge in [-0.3, -0.25) is 9.89 Å². The van der Waals surface area contributed by atoms with E-state index in [9.17, 15) is 4.79 Å². The van der Waals surface area contributed by atoms with Crippen molar-refractivity contribution in [2.24, 2.45) is 5.92 Å². The second kappa shape index (κ2) is 4.15. The summed E-state index contributed by atoms with van der Waals surface area (Å²) in [4.78, 5) is 11.8. The summed E-state index contributed by atoms with van der Waals surface area (Å²) in [5.74, 6) is 0.487. The summed E-state index contributed by atoms with van der Waals surface area (Å²) in [5, 5.41) is 9.57. The maximum atomic E-state index is 11.8. The van der Waals surface area contributed by atoms with Gasteiger partial charge in [0.05, 0.1) is 11.4 Å². The predicted molar refractivity (Wildman–Crippen MR) is 62.0 cm³/mol. The molecule has 1 aromatic rings. The second-order valence-corrected chi connectivity index (χ2v) is 4.48. The van der Waals surface area contributed by atoms with Crippen molar-refractivity contribution < 1.29 is 4.79 Å². The topological polar surface area (TPSA) is 83.8 Å². The third kappa shape index (κ3) is 2.03. The first-order chi connectivity index (χ1) is 7.63. The Morgan fingerprint density at radius 2 is 2.44 bits per heavy atom. The number of aryl methyl sites for hydroxylation is 1. The average Bonchev–Trinajstić information content (AvgIpc) is 2.87. The van der Waals surface area contributed by atoms with Crippen molar-refractivity contribution >= 4 is 11.6 Å². The number of nitrogens with zero attached hydrogens (tertiary/aromatic N) is 1. The number of carbonyl (C=O) groups is 1. The number of carbonyl (C=O) groups excluding carboxylic acids is 1. The van der Waals surface area contributed by atoms with Gasteiger partial charge in [0.2, 0.25) is 0 Å². The van der Waals surface area contributed by atoms with Crippen LogP contribution in [0.2, 0.25) is 0 Å². The molecule has 1 aliphatic carbocycles. The van der Waals surface area contributed by atoms with Crippen molar-refractivity contribution in [2.45, 2.75) is 39.2 Å². The van der Waals surface area contributed by atoms with E-state index in [2.05, 4.69) is 22.4 Å². The van der Waals surface area contributed by atoms with Crippen LogP contribution in [0.5, 0.6) is 0 Å². The first-order valence-corrected chi connectivity index (χ1v) is 5.74. The first-order valence-electron chi connectivity index (χ1n) is 5.74. The SMILES string of the molecule is CCCC1CC1NC(=O)c1n[nH]c(C)c1N. The number of rotatable bonds is 4. The lowest BCUT2D eigenvalue weighted by Crippen LogP contribution is -2.27. The number of hydrogen-bond acceptors (Lipinski definition) is 3. The van der Waals surface area contributed by atoms with Crippen molar-refractivity contribution in [2.75, 3.05) is 5.73 Å². The Bertz CT molecular complexity index is 399. The maximum Gasteiger partial charge on any atom is 0.274 e. The fourth-order valence-electron chi connectivity index (χ4n) is 1.96. The minimum absolute atomic E-state index is 0.162. The molecule has 1 aliphatic rings. The molecule has 2 atom stereocenters. The molecule has 1 amide bonds.